The quantitative estimate of drug-likeness (QED) is 0.844. The maximum Gasteiger partial charge on any atom is 0.243 e. The van der Waals surface area contributed by atoms with Gasteiger partial charge >= 0.3 is 0 Å². The summed E-state index contributed by atoms with van der Waals surface area (Å²) in [6.07, 6.45) is 2.73. The normalized spacial score (nSPS) is 29.2. The lowest BCUT2D eigenvalue weighted by Crippen LogP contribution is -2.57. The highest BCUT2D eigenvalue weighted by molar-refractivity contribution is 7.89. The van der Waals surface area contributed by atoms with Crippen LogP contribution < -0.4 is 0 Å². The van der Waals surface area contributed by atoms with E-state index >= 15 is 0 Å². The van der Waals surface area contributed by atoms with Crippen molar-refractivity contribution in [3.63, 3.8) is 0 Å². The van der Waals surface area contributed by atoms with Gasteiger partial charge in [0.2, 0.25) is 10.0 Å². The number of nitrogens with zero attached hydrogens (tertiary/aromatic N) is 1. The molecule has 0 N–H and O–H groups in total. The molecule has 1 aromatic rings. The Morgan fingerprint density at radius 1 is 1.43 bits per heavy atom. The van der Waals surface area contributed by atoms with E-state index in [1.54, 1.807) is 29.6 Å². The standard InChI is InChI=1S/C17H25NO4S/c1-14-5-3-6-15(11-14)23(19,20)18-9-7-16-17(12-18,13-21-2)8-4-10-22-16/h3,5-6,11,16H,4,7-10,12-13H2,1-2H3. The summed E-state index contributed by atoms with van der Waals surface area (Å²) in [5.74, 6) is 0. The number of rotatable bonds is 4. The molecule has 23 heavy (non-hydrogen) atoms. The molecule has 2 aliphatic heterocycles. The van der Waals surface area contributed by atoms with E-state index < -0.39 is 10.0 Å². The van der Waals surface area contributed by atoms with Crippen LogP contribution >= 0.6 is 0 Å². The van der Waals surface area contributed by atoms with Crippen LogP contribution in [-0.2, 0) is 19.5 Å². The lowest BCUT2D eigenvalue weighted by atomic mass is 9.73. The van der Waals surface area contributed by atoms with Crippen molar-refractivity contribution in [2.24, 2.45) is 5.41 Å². The molecule has 2 fully saturated rings. The molecule has 128 valence electrons. The molecule has 2 aliphatic rings. The highest BCUT2D eigenvalue weighted by atomic mass is 32.2. The first kappa shape index (κ1) is 16.9. The summed E-state index contributed by atoms with van der Waals surface area (Å²) in [4.78, 5) is 0.375. The fraction of sp³-hybridized carbons (Fsp3) is 0.647. The summed E-state index contributed by atoms with van der Waals surface area (Å²) in [7, 11) is -1.79. The van der Waals surface area contributed by atoms with E-state index in [2.05, 4.69) is 0 Å². The third-order valence-corrected chi connectivity index (χ3v) is 6.85. The molecule has 0 amide bonds. The molecule has 0 radical (unpaired) electrons. The smallest absolute Gasteiger partial charge is 0.243 e. The van der Waals surface area contributed by atoms with Crippen LogP contribution in [0, 0.1) is 12.3 Å². The summed E-state index contributed by atoms with van der Waals surface area (Å²) >= 11 is 0. The van der Waals surface area contributed by atoms with E-state index in [0.717, 1.165) is 31.4 Å². The number of hydrogen-bond acceptors (Lipinski definition) is 4. The van der Waals surface area contributed by atoms with Crippen molar-refractivity contribution < 1.29 is 17.9 Å². The van der Waals surface area contributed by atoms with Crippen LogP contribution in [0.15, 0.2) is 29.2 Å². The maximum absolute atomic E-state index is 13.0. The lowest BCUT2D eigenvalue weighted by Gasteiger charge is -2.49. The highest BCUT2D eigenvalue weighted by Gasteiger charge is 2.48. The molecule has 2 saturated heterocycles. The van der Waals surface area contributed by atoms with Gasteiger partial charge in [0, 0.05) is 32.2 Å². The minimum atomic E-state index is -3.47. The fourth-order valence-corrected chi connectivity index (χ4v) is 5.53. The zero-order valence-corrected chi connectivity index (χ0v) is 14.6. The molecule has 0 saturated carbocycles. The summed E-state index contributed by atoms with van der Waals surface area (Å²) in [6.45, 7) is 4.19. The minimum absolute atomic E-state index is 0.0974. The van der Waals surface area contributed by atoms with Gasteiger partial charge in [0.15, 0.2) is 0 Å². The molecule has 0 aliphatic carbocycles. The van der Waals surface area contributed by atoms with Gasteiger partial charge in [0.05, 0.1) is 17.6 Å². The van der Waals surface area contributed by atoms with Crippen molar-refractivity contribution in [2.75, 3.05) is 33.4 Å². The third kappa shape index (κ3) is 3.18. The Labute approximate surface area is 138 Å². The molecule has 1 aromatic carbocycles. The Kier molecular flexibility index (Phi) is 4.78. The summed E-state index contributed by atoms with van der Waals surface area (Å²) in [5, 5.41) is 0. The summed E-state index contributed by atoms with van der Waals surface area (Å²) in [5.41, 5.74) is 0.732. The number of hydrogen-bond donors (Lipinski definition) is 0. The molecular formula is C17H25NO4S. The molecule has 2 heterocycles. The van der Waals surface area contributed by atoms with Gasteiger partial charge in [-0.2, -0.15) is 4.31 Å². The molecule has 3 rings (SSSR count). The molecule has 0 spiro atoms. The van der Waals surface area contributed by atoms with Crippen LogP contribution in [0.3, 0.4) is 0 Å². The van der Waals surface area contributed by atoms with Gasteiger partial charge in [-0.1, -0.05) is 12.1 Å². The number of ether oxygens (including phenoxy) is 2. The SMILES string of the molecule is COCC12CCCOC1CCN(S(=O)(=O)c1cccc(C)c1)C2. The Morgan fingerprint density at radius 3 is 3.00 bits per heavy atom. The van der Waals surface area contributed by atoms with Gasteiger partial charge in [-0.3, -0.25) is 0 Å². The Hall–Kier alpha value is -0.950. The van der Waals surface area contributed by atoms with E-state index in [1.165, 1.54) is 0 Å². The highest BCUT2D eigenvalue weighted by Crippen LogP contribution is 2.41. The van der Waals surface area contributed by atoms with Crippen LogP contribution in [0.1, 0.15) is 24.8 Å². The second-order valence-electron chi connectivity index (χ2n) is 6.70. The van der Waals surface area contributed by atoms with Crippen LogP contribution in [0.2, 0.25) is 0 Å². The van der Waals surface area contributed by atoms with Crippen molar-refractivity contribution in [1.29, 1.82) is 0 Å². The first-order chi connectivity index (χ1) is 11.0. The first-order valence-corrected chi connectivity index (χ1v) is 9.59. The van der Waals surface area contributed by atoms with Gasteiger partial charge in [-0.25, -0.2) is 8.42 Å². The number of fused-ring (bicyclic) bond motifs is 1. The van der Waals surface area contributed by atoms with E-state index in [-0.39, 0.29) is 11.5 Å². The third-order valence-electron chi connectivity index (χ3n) is 5.01. The van der Waals surface area contributed by atoms with Crippen molar-refractivity contribution >= 4 is 10.0 Å². The zero-order chi connectivity index (χ0) is 16.5. The van der Waals surface area contributed by atoms with E-state index in [1.807, 2.05) is 13.0 Å². The van der Waals surface area contributed by atoms with Crippen molar-refractivity contribution in [3.8, 4) is 0 Å². The molecule has 5 nitrogen and oxygen atoms in total. The summed E-state index contributed by atoms with van der Waals surface area (Å²) < 4.78 is 39.0. The van der Waals surface area contributed by atoms with Crippen molar-refractivity contribution in [3.05, 3.63) is 29.8 Å². The Balaban J connectivity index is 1.89. The van der Waals surface area contributed by atoms with E-state index in [0.29, 0.717) is 24.6 Å². The van der Waals surface area contributed by atoms with Crippen LogP contribution in [0.25, 0.3) is 0 Å². The van der Waals surface area contributed by atoms with Gasteiger partial charge in [0.25, 0.3) is 0 Å². The molecule has 2 unspecified atom stereocenters. The average molecular weight is 339 g/mol. The van der Waals surface area contributed by atoms with Crippen LogP contribution in [0.5, 0.6) is 0 Å². The number of benzene rings is 1. The Bertz CT molecular complexity index is 656. The van der Waals surface area contributed by atoms with E-state index in [4.69, 9.17) is 9.47 Å². The number of piperidine rings is 1. The van der Waals surface area contributed by atoms with Gasteiger partial charge in [-0.15, -0.1) is 0 Å². The predicted octanol–water partition coefficient (Wildman–Crippen LogP) is 2.20. The van der Waals surface area contributed by atoms with Gasteiger partial charge in [-0.05, 0) is 43.9 Å². The lowest BCUT2D eigenvalue weighted by molar-refractivity contribution is -0.137. The van der Waals surface area contributed by atoms with Crippen molar-refractivity contribution in [2.45, 2.75) is 37.2 Å². The largest absolute Gasteiger partial charge is 0.384 e. The Morgan fingerprint density at radius 2 is 2.26 bits per heavy atom. The van der Waals surface area contributed by atoms with Crippen LogP contribution in [0.4, 0.5) is 0 Å². The maximum atomic E-state index is 13.0. The van der Waals surface area contributed by atoms with Gasteiger partial charge < -0.3 is 9.47 Å². The molecule has 6 heteroatoms. The molecule has 0 aromatic heterocycles. The number of aryl methyl sites for hydroxylation is 1. The van der Waals surface area contributed by atoms with Crippen molar-refractivity contribution in [1.82, 2.24) is 4.31 Å². The molecule has 2 atom stereocenters. The first-order valence-electron chi connectivity index (χ1n) is 8.15. The van der Waals surface area contributed by atoms with Gasteiger partial charge in [0.1, 0.15) is 0 Å². The summed E-state index contributed by atoms with van der Waals surface area (Å²) in [6, 6.07) is 7.12. The second kappa shape index (κ2) is 6.51. The number of sulfonamides is 1. The second-order valence-corrected chi connectivity index (χ2v) is 8.64. The molecule has 0 bridgehead atoms. The molecular weight excluding hydrogens is 314 g/mol. The zero-order valence-electron chi connectivity index (χ0n) is 13.8. The average Bonchev–Trinajstić information content (AvgIpc) is 2.54. The minimum Gasteiger partial charge on any atom is -0.384 e. The predicted molar refractivity (Wildman–Crippen MR) is 87.8 cm³/mol. The van der Waals surface area contributed by atoms with E-state index in [9.17, 15) is 8.42 Å². The topological polar surface area (TPSA) is 55.8 Å². The number of methoxy groups -OCH3 is 1. The van der Waals surface area contributed by atoms with Crippen LogP contribution in [-0.4, -0.2) is 52.2 Å². The monoisotopic (exact) mass is 339 g/mol. The fourth-order valence-electron chi connectivity index (χ4n) is 3.88.